The Balaban J connectivity index is 1.88. The second kappa shape index (κ2) is 5.33. The van der Waals surface area contributed by atoms with E-state index in [4.69, 9.17) is 4.42 Å². The molecule has 1 fully saturated rings. The number of carbonyl (C=O) groups excluding carboxylic acids is 1. The summed E-state index contributed by atoms with van der Waals surface area (Å²) >= 11 is 0. The number of likely N-dealkylation sites (N-methyl/N-ethyl adjacent to an activating group) is 2. The maximum absolute atomic E-state index is 12.0. The van der Waals surface area contributed by atoms with E-state index in [0.29, 0.717) is 18.3 Å². The molecular formula is C12H19N3O2. The molecular weight excluding hydrogens is 218 g/mol. The number of hydrogen-bond donors (Lipinski definition) is 1. The van der Waals surface area contributed by atoms with Gasteiger partial charge in [-0.1, -0.05) is 0 Å². The number of nitrogens with one attached hydrogen (secondary N) is 1. The molecule has 0 aliphatic carbocycles. The van der Waals surface area contributed by atoms with Gasteiger partial charge in [0.15, 0.2) is 5.76 Å². The molecule has 1 atom stereocenters. The molecule has 1 aromatic heterocycles. The van der Waals surface area contributed by atoms with Crippen LogP contribution in [0.15, 0.2) is 22.8 Å². The molecule has 17 heavy (non-hydrogen) atoms. The molecule has 1 aromatic rings. The van der Waals surface area contributed by atoms with Crippen LogP contribution in [0.2, 0.25) is 0 Å². The highest BCUT2D eigenvalue weighted by molar-refractivity contribution is 5.91. The normalized spacial score (nSPS) is 21.4. The van der Waals surface area contributed by atoms with Crippen LogP contribution in [-0.4, -0.2) is 62.0 Å². The van der Waals surface area contributed by atoms with Crippen molar-refractivity contribution in [3.63, 3.8) is 0 Å². The van der Waals surface area contributed by atoms with Gasteiger partial charge >= 0.3 is 0 Å². The Labute approximate surface area is 101 Å². The summed E-state index contributed by atoms with van der Waals surface area (Å²) in [4.78, 5) is 15.9. The summed E-state index contributed by atoms with van der Waals surface area (Å²) < 4.78 is 5.10. The van der Waals surface area contributed by atoms with E-state index in [2.05, 4.69) is 17.3 Å². The first-order chi connectivity index (χ1) is 8.16. The van der Waals surface area contributed by atoms with Crippen LogP contribution in [0.3, 0.4) is 0 Å². The minimum absolute atomic E-state index is 0.0648. The van der Waals surface area contributed by atoms with Crippen LogP contribution in [0, 0.1) is 0 Å². The number of amides is 1. The smallest absolute Gasteiger partial charge is 0.289 e. The molecule has 1 saturated heterocycles. The summed E-state index contributed by atoms with van der Waals surface area (Å²) in [6.45, 7) is 3.70. The van der Waals surface area contributed by atoms with Crippen molar-refractivity contribution in [1.29, 1.82) is 0 Å². The minimum Gasteiger partial charge on any atom is -0.459 e. The number of hydrogen-bond acceptors (Lipinski definition) is 4. The van der Waals surface area contributed by atoms with Crippen LogP contribution in [0.5, 0.6) is 0 Å². The van der Waals surface area contributed by atoms with E-state index in [-0.39, 0.29) is 5.91 Å². The van der Waals surface area contributed by atoms with Crippen molar-refractivity contribution >= 4 is 5.91 Å². The zero-order valence-electron chi connectivity index (χ0n) is 10.3. The number of carbonyl (C=O) groups is 1. The van der Waals surface area contributed by atoms with Crippen molar-refractivity contribution in [1.82, 2.24) is 15.1 Å². The molecule has 94 valence electrons. The maximum atomic E-state index is 12.0. The van der Waals surface area contributed by atoms with Crippen molar-refractivity contribution in [3.8, 4) is 0 Å². The summed E-state index contributed by atoms with van der Waals surface area (Å²) in [6, 6.07) is 3.75. The van der Waals surface area contributed by atoms with E-state index in [1.165, 1.54) is 6.26 Å². The van der Waals surface area contributed by atoms with Crippen LogP contribution in [0.25, 0.3) is 0 Å². The monoisotopic (exact) mass is 237 g/mol. The minimum atomic E-state index is -0.0648. The Hall–Kier alpha value is -1.33. The van der Waals surface area contributed by atoms with Crippen LogP contribution in [0.1, 0.15) is 10.6 Å². The molecule has 1 amide bonds. The fourth-order valence-electron chi connectivity index (χ4n) is 2.12. The lowest BCUT2D eigenvalue weighted by molar-refractivity contribution is 0.0732. The zero-order chi connectivity index (χ0) is 12.3. The average molecular weight is 237 g/mol. The van der Waals surface area contributed by atoms with Crippen molar-refractivity contribution in [2.75, 3.05) is 40.3 Å². The molecule has 1 N–H and O–H groups in total. The van der Waals surface area contributed by atoms with Crippen LogP contribution >= 0.6 is 0 Å². The first kappa shape index (κ1) is 12.1. The quantitative estimate of drug-likeness (QED) is 0.819. The average Bonchev–Trinajstić information content (AvgIpc) is 2.81. The summed E-state index contributed by atoms with van der Waals surface area (Å²) in [5.41, 5.74) is 0. The Kier molecular flexibility index (Phi) is 3.81. The van der Waals surface area contributed by atoms with Crippen LogP contribution in [0.4, 0.5) is 0 Å². The van der Waals surface area contributed by atoms with Gasteiger partial charge in [-0.25, -0.2) is 0 Å². The molecule has 0 aromatic carbocycles. The lowest BCUT2D eigenvalue weighted by Crippen LogP contribution is -2.53. The van der Waals surface area contributed by atoms with Gasteiger partial charge in [0.1, 0.15) is 0 Å². The van der Waals surface area contributed by atoms with Gasteiger partial charge in [0, 0.05) is 39.3 Å². The number of piperazine rings is 1. The highest BCUT2D eigenvalue weighted by Crippen LogP contribution is 2.06. The first-order valence-corrected chi connectivity index (χ1v) is 5.87. The molecule has 1 aliphatic rings. The molecule has 0 spiro atoms. The molecule has 5 nitrogen and oxygen atoms in total. The fourth-order valence-corrected chi connectivity index (χ4v) is 2.12. The number of rotatable bonds is 3. The van der Waals surface area contributed by atoms with Gasteiger partial charge in [-0.2, -0.15) is 0 Å². The van der Waals surface area contributed by atoms with Crippen LogP contribution in [-0.2, 0) is 0 Å². The summed E-state index contributed by atoms with van der Waals surface area (Å²) in [7, 11) is 3.91. The van der Waals surface area contributed by atoms with Crippen LogP contribution < -0.4 is 5.32 Å². The Bertz CT molecular complexity index is 364. The second-order valence-corrected chi connectivity index (χ2v) is 4.58. The van der Waals surface area contributed by atoms with Crippen molar-refractivity contribution in [3.05, 3.63) is 24.2 Å². The SMILES string of the molecule is CN1CCNC(CN(C)C(=O)c2ccco2)C1. The van der Waals surface area contributed by atoms with Gasteiger partial charge in [-0.05, 0) is 19.2 Å². The van der Waals surface area contributed by atoms with E-state index in [9.17, 15) is 4.79 Å². The molecule has 1 unspecified atom stereocenters. The fraction of sp³-hybridized carbons (Fsp3) is 0.583. The number of furan rings is 1. The predicted molar refractivity (Wildman–Crippen MR) is 65.0 cm³/mol. The van der Waals surface area contributed by atoms with E-state index in [1.54, 1.807) is 24.1 Å². The molecule has 0 radical (unpaired) electrons. The third-order valence-corrected chi connectivity index (χ3v) is 3.03. The van der Waals surface area contributed by atoms with Gasteiger partial charge in [0.25, 0.3) is 5.91 Å². The van der Waals surface area contributed by atoms with E-state index >= 15 is 0 Å². The summed E-state index contributed by atoms with van der Waals surface area (Å²) in [5, 5.41) is 3.41. The molecule has 2 heterocycles. The van der Waals surface area contributed by atoms with Gasteiger partial charge in [-0.3, -0.25) is 4.79 Å². The van der Waals surface area contributed by atoms with E-state index in [0.717, 1.165) is 19.6 Å². The van der Waals surface area contributed by atoms with Crippen molar-refractivity contribution in [2.45, 2.75) is 6.04 Å². The molecule has 5 heteroatoms. The standard InChI is InChI=1S/C12H19N3O2/c1-14-6-5-13-10(8-14)9-15(2)12(16)11-4-3-7-17-11/h3-4,7,10,13H,5-6,8-9H2,1-2H3. The third kappa shape index (κ3) is 3.08. The molecule has 1 aliphatic heterocycles. The lowest BCUT2D eigenvalue weighted by Gasteiger charge is -2.33. The summed E-state index contributed by atoms with van der Waals surface area (Å²) in [6.07, 6.45) is 1.52. The van der Waals surface area contributed by atoms with Gasteiger partial charge in [0.2, 0.25) is 0 Å². The number of nitrogens with zero attached hydrogens (tertiary/aromatic N) is 2. The van der Waals surface area contributed by atoms with Gasteiger partial charge in [-0.15, -0.1) is 0 Å². The Morgan fingerprint density at radius 1 is 1.71 bits per heavy atom. The Morgan fingerprint density at radius 2 is 2.53 bits per heavy atom. The molecule has 0 saturated carbocycles. The zero-order valence-corrected chi connectivity index (χ0v) is 10.3. The lowest BCUT2D eigenvalue weighted by atomic mass is 10.2. The highest BCUT2D eigenvalue weighted by Gasteiger charge is 2.21. The van der Waals surface area contributed by atoms with Crippen molar-refractivity contribution in [2.24, 2.45) is 0 Å². The predicted octanol–water partition coefficient (Wildman–Crippen LogP) is 0.255. The van der Waals surface area contributed by atoms with Gasteiger partial charge < -0.3 is 19.5 Å². The van der Waals surface area contributed by atoms with Gasteiger partial charge in [0.05, 0.1) is 6.26 Å². The van der Waals surface area contributed by atoms with Crippen molar-refractivity contribution < 1.29 is 9.21 Å². The second-order valence-electron chi connectivity index (χ2n) is 4.58. The molecule has 2 rings (SSSR count). The maximum Gasteiger partial charge on any atom is 0.289 e. The first-order valence-electron chi connectivity index (χ1n) is 5.87. The largest absolute Gasteiger partial charge is 0.459 e. The third-order valence-electron chi connectivity index (χ3n) is 3.03. The van der Waals surface area contributed by atoms with E-state index < -0.39 is 0 Å². The highest BCUT2D eigenvalue weighted by atomic mass is 16.3. The van der Waals surface area contributed by atoms with E-state index in [1.807, 2.05) is 0 Å². The Morgan fingerprint density at radius 3 is 3.18 bits per heavy atom. The topological polar surface area (TPSA) is 48.7 Å². The molecule has 0 bridgehead atoms. The summed E-state index contributed by atoms with van der Waals surface area (Å²) in [5.74, 6) is 0.335.